The number of carbonyl (C=O) groups is 3. The number of carbonyl (C=O) groups excluding carboxylic acids is 2. The van der Waals surface area contributed by atoms with E-state index in [4.69, 9.17) is 40.0 Å². The second-order valence-electron chi connectivity index (χ2n) is 7.90. The zero-order valence-electron chi connectivity index (χ0n) is 22.3. The number of rotatable bonds is 25. The summed E-state index contributed by atoms with van der Waals surface area (Å²) in [5.41, 5.74) is 1.16. The Morgan fingerprint density at radius 1 is 0.692 bits per heavy atom. The van der Waals surface area contributed by atoms with Crippen molar-refractivity contribution in [3.8, 4) is 12.3 Å². The number of amides is 2. The molecule has 0 atom stereocenters. The number of hydrogen-bond donors (Lipinski definition) is 3. The molecule has 0 unspecified atom stereocenters. The van der Waals surface area contributed by atoms with Gasteiger partial charge in [-0.15, -0.1) is 6.42 Å². The van der Waals surface area contributed by atoms with Gasteiger partial charge in [0.15, 0.2) is 0 Å². The van der Waals surface area contributed by atoms with Gasteiger partial charge < -0.3 is 44.2 Å². The highest BCUT2D eigenvalue weighted by Crippen LogP contribution is 2.03. The third-order valence-electron chi connectivity index (χ3n) is 4.81. The van der Waals surface area contributed by atoms with Crippen LogP contribution in [0.4, 0.5) is 0 Å². The molecule has 0 spiro atoms. The van der Waals surface area contributed by atoms with Crippen molar-refractivity contribution in [3.63, 3.8) is 0 Å². The van der Waals surface area contributed by atoms with Crippen LogP contribution in [0, 0.1) is 12.3 Å². The fraction of sp³-hybridized carbons (Fsp3) is 0.593. The molecule has 1 aromatic rings. The van der Waals surface area contributed by atoms with Gasteiger partial charge in [0.2, 0.25) is 5.91 Å². The molecule has 0 radical (unpaired) electrons. The molecule has 0 saturated heterocycles. The number of hydrogen-bond acceptors (Lipinski definition) is 9. The van der Waals surface area contributed by atoms with E-state index in [0.29, 0.717) is 96.9 Å². The number of ether oxygens (including phenoxy) is 6. The molecule has 0 bridgehead atoms. The number of aliphatic carboxylic acids is 1. The molecule has 3 N–H and O–H groups in total. The Labute approximate surface area is 229 Å². The highest BCUT2D eigenvalue weighted by molar-refractivity contribution is 5.94. The van der Waals surface area contributed by atoms with Gasteiger partial charge in [0.1, 0.15) is 0 Å². The van der Waals surface area contributed by atoms with Gasteiger partial charge in [0.25, 0.3) is 5.91 Å². The van der Waals surface area contributed by atoms with Crippen molar-refractivity contribution in [1.82, 2.24) is 10.6 Å². The standard InChI is InChI=1S/C27H40N2O10/c1-2-23-4-3-5-24(22-23)27(33)29-9-13-37-17-21-38-18-14-34-10-6-25(30)28-8-12-36-16-20-39-19-15-35-11-7-26(31)32/h1,3-5,22H,6-21H2,(H,28,30)(H,29,33)(H,31,32). The predicted octanol–water partition coefficient (Wildman–Crippen LogP) is 0.478. The normalized spacial score (nSPS) is 10.6. The number of nitrogens with one attached hydrogen (secondary N) is 2. The van der Waals surface area contributed by atoms with Crippen LogP contribution in [0.25, 0.3) is 0 Å². The molecular formula is C27H40N2O10. The molecule has 2 amide bonds. The monoisotopic (exact) mass is 552 g/mol. The molecule has 1 rings (SSSR count). The molecule has 0 aromatic heterocycles. The van der Waals surface area contributed by atoms with Crippen LogP contribution in [-0.2, 0) is 38.0 Å². The van der Waals surface area contributed by atoms with Gasteiger partial charge in [-0.05, 0) is 18.2 Å². The maximum atomic E-state index is 12.0. The lowest BCUT2D eigenvalue weighted by molar-refractivity contribution is -0.138. The van der Waals surface area contributed by atoms with Crippen molar-refractivity contribution in [3.05, 3.63) is 35.4 Å². The van der Waals surface area contributed by atoms with E-state index in [1.165, 1.54) is 0 Å². The summed E-state index contributed by atoms with van der Waals surface area (Å²) in [6.07, 6.45) is 5.56. The Kier molecular flexibility index (Phi) is 20.9. The number of carboxylic acid groups (broad SMARTS) is 1. The first-order valence-electron chi connectivity index (χ1n) is 12.8. The minimum atomic E-state index is -0.894. The second-order valence-corrected chi connectivity index (χ2v) is 7.90. The summed E-state index contributed by atoms with van der Waals surface area (Å²) in [6.45, 7) is 4.97. The van der Waals surface area contributed by atoms with Crippen LogP contribution in [-0.4, -0.2) is 115 Å². The summed E-state index contributed by atoms with van der Waals surface area (Å²) in [4.78, 5) is 34.1. The first-order chi connectivity index (χ1) is 19.0. The summed E-state index contributed by atoms with van der Waals surface area (Å²) in [5, 5.41) is 14.0. The predicted molar refractivity (Wildman–Crippen MR) is 142 cm³/mol. The average Bonchev–Trinajstić information content (AvgIpc) is 2.93. The van der Waals surface area contributed by atoms with Gasteiger partial charge in [-0.2, -0.15) is 0 Å². The highest BCUT2D eigenvalue weighted by Gasteiger charge is 2.05. The molecule has 0 heterocycles. The van der Waals surface area contributed by atoms with Crippen LogP contribution in [0.3, 0.4) is 0 Å². The molecule has 12 nitrogen and oxygen atoms in total. The van der Waals surface area contributed by atoms with Crippen molar-refractivity contribution in [2.75, 3.05) is 92.4 Å². The van der Waals surface area contributed by atoms with Gasteiger partial charge in [-0.25, -0.2) is 0 Å². The molecule has 1 aromatic carbocycles. The zero-order chi connectivity index (χ0) is 28.4. The first-order valence-corrected chi connectivity index (χ1v) is 12.8. The van der Waals surface area contributed by atoms with E-state index in [9.17, 15) is 14.4 Å². The van der Waals surface area contributed by atoms with E-state index < -0.39 is 5.97 Å². The van der Waals surface area contributed by atoms with Gasteiger partial charge in [0, 0.05) is 30.6 Å². The minimum absolute atomic E-state index is 0.0247. The highest BCUT2D eigenvalue weighted by atomic mass is 16.5. The lowest BCUT2D eigenvalue weighted by atomic mass is 10.1. The molecular weight excluding hydrogens is 512 g/mol. The average molecular weight is 553 g/mol. The smallest absolute Gasteiger partial charge is 0.305 e. The Balaban J connectivity index is 1.79. The SMILES string of the molecule is C#Cc1cccc(C(=O)NCCOCCOCCOCCC(=O)NCCOCCOCCOCCC(=O)O)c1. The van der Waals surface area contributed by atoms with Crippen LogP contribution in [0.1, 0.15) is 28.8 Å². The topological polar surface area (TPSA) is 151 Å². The summed E-state index contributed by atoms with van der Waals surface area (Å²) >= 11 is 0. The third-order valence-corrected chi connectivity index (χ3v) is 4.81. The molecule has 0 aliphatic heterocycles. The fourth-order valence-electron chi connectivity index (χ4n) is 2.85. The maximum absolute atomic E-state index is 12.0. The molecule has 0 fully saturated rings. The summed E-state index contributed by atoms with van der Waals surface area (Å²) in [6, 6.07) is 6.86. The second kappa shape index (κ2) is 24.0. The molecule has 0 saturated carbocycles. The van der Waals surface area contributed by atoms with Crippen molar-refractivity contribution in [1.29, 1.82) is 0 Å². The van der Waals surface area contributed by atoms with Crippen molar-refractivity contribution >= 4 is 17.8 Å². The number of benzene rings is 1. The van der Waals surface area contributed by atoms with Gasteiger partial charge in [-0.3, -0.25) is 14.4 Å². The number of carboxylic acids is 1. The zero-order valence-corrected chi connectivity index (χ0v) is 22.3. The lowest BCUT2D eigenvalue weighted by Gasteiger charge is -2.09. The van der Waals surface area contributed by atoms with Crippen molar-refractivity contribution < 1.29 is 47.9 Å². The fourth-order valence-corrected chi connectivity index (χ4v) is 2.85. The van der Waals surface area contributed by atoms with E-state index in [0.717, 1.165) is 0 Å². The van der Waals surface area contributed by atoms with Gasteiger partial charge in [0.05, 0.1) is 85.7 Å². The molecule has 12 heteroatoms. The van der Waals surface area contributed by atoms with Gasteiger partial charge >= 0.3 is 5.97 Å². The van der Waals surface area contributed by atoms with E-state index in [2.05, 4.69) is 16.6 Å². The Hall–Kier alpha value is -3.05. The molecule has 0 aliphatic rings. The molecule has 0 aliphatic carbocycles. The Morgan fingerprint density at radius 3 is 1.72 bits per heavy atom. The lowest BCUT2D eigenvalue weighted by Crippen LogP contribution is -2.28. The van der Waals surface area contributed by atoms with Gasteiger partial charge in [-0.1, -0.05) is 12.0 Å². The Bertz CT molecular complexity index is 859. The van der Waals surface area contributed by atoms with Crippen LogP contribution in [0.2, 0.25) is 0 Å². The van der Waals surface area contributed by atoms with E-state index >= 15 is 0 Å². The Morgan fingerprint density at radius 2 is 1.18 bits per heavy atom. The van der Waals surface area contributed by atoms with E-state index in [1.807, 2.05) is 0 Å². The van der Waals surface area contributed by atoms with Crippen LogP contribution in [0.15, 0.2) is 24.3 Å². The summed E-state index contributed by atoms with van der Waals surface area (Å²) < 4.78 is 31.9. The van der Waals surface area contributed by atoms with Crippen molar-refractivity contribution in [2.45, 2.75) is 12.8 Å². The first kappa shape index (κ1) is 34.0. The maximum Gasteiger partial charge on any atom is 0.305 e. The molecule has 218 valence electrons. The van der Waals surface area contributed by atoms with Crippen molar-refractivity contribution in [2.24, 2.45) is 0 Å². The minimum Gasteiger partial charge on any atom is -0.481 e. The third kappa shape index (κ3) is 20.6. The largest absolute Gasteiger partial charge is 0.481 e. The summed E-state index contributed by atoms with van der Waals surface area (Å²) in [5.74, 6) is 1.27. The van der Waals surface area contributed by atoms with Crippen LogP contribution in [0.5, 0.6) is 0 Å². The van der Waals surface area contributed by atoms with E-state index in [-0.39, 0.29) is 31.3 Å². The van der Waals surface area contributed by atoms with Crippen LogP contribution < -0.4 is 10.6 Å². The summed E-state index contributed by atoms with van der Waals surface area (Å²) in [7, 11) is 0. The van der Waals surface area contributed by atoms with E-state index in [1.54, 1.807) is 24.3 Å². The molecule has 39 heavy (non-hydrogen) atoms. The quantitative estimate of drug-likeness (QED) is 0.115. The van der Waals surface area contributed by atoms with Crippen LogP contribution >= 0.6 is 0 Å². The number of terminal acetylenes is 1.